The summed E-state index contributed by atoms with van der Waals surface area (Å²) in [4.78, 5) is 25.3. The molecule has 114 valence electrons. The molecule has 0 saturated carbocycles. The number of nitrogen functional groups attached to an aromatic ring is 1. The van der Waals surface area contributed by atoms with Gasteiger partial charge < -0.3 is 25.8 Å². The van der Waals surface area contributed by atoms with Crippen molar-refractivity contribution in [3.63, 3.8) is 0 Å². The summed E-state index contributed by atoms with van der Waals surface area (Å²) in [6.45, 7) is 3.73. The zero-order chi connectivity index (χ0) is 15.4. The second kappa shape index (κ2) is 6.45. The average Bonchev–Trinajstić information content (AvgIpc) is 2.47. The maximum absolute atomic E-state index is 12.3. The number of ether oxygens (including phenoxy) is 2. The fraction of sp³-hybridized carbons (Fsp3) is 0.429. The number of primary amides is 1. The third-order valence-electron chi connectivity index (χ3n) is 3.25. The van der Waals surface area contributed by atoms with Gasteiger partial charge in [-0.25, -0.2) is 0 Å². The highest BCUT2D eigenvalue weighted by molar-refractivity contribution is 5.96. The van der Waals surface area contributed by atoms with Crippen LogP contribution in [0.5, 0.6) is 5.75 Å². The van der Waals surface area contributed by atoms with Crippen molar-refractivity contribution in [2.24, 2.45) is 5.73 Å². The van der Waals surface area contributed by atoms with E-state index in [9.17, 15) is 9.59 Å². The Morgan fingerprint density at radius 3 is 2.62 bits per heavy atom. The van der Waals surface area contributed by atoms with Crippen molar-refractivity contribution in [2.45, 2.75) is 13.0 Å². The molecule has 1 aromatic carbocycles. The van der Waals surface area contributed by atoms with Gasteiger partial charge in [0.2, 0.25) is 0 Å². The summed E-state index contributed by atoms with van der Waals surface area (Å²) >= 11 is 0. The minimum Gasteiger partial charge on any atom is -0.480 e. The standard InChI is InChI=1S/C14H19N3O4/c1-9(14(19)17-4-6-20-7-5-17)21-12-8-10(15)2-3-11(12)13(16)18/h2-3,8-9H,4-7,15H2,1H3,(H2,16,18). The first-order chi connectivity index (χ1) is 9.99. The van der Waals surface area contributed by atoms with Gasteiger partial charge in [-0.3, -0.25) is 9.59 Å². The van der Waals surface area contributed by atoms with Crippen LogP contribution in [0.3, 0.4) is 0 Å². The first kappa shape index (κ1) is 15.1. The molecule has 0 radical (unpaired) electrons. The van der Waals surface area contributed by atoms with Gasteiger partial charge in [-0.1, -0.05) is 0 Å². The molecular weight excluding hydrogens is 274 g/mol. The smallest absolute Gasteiger partial charge is 0.263 e. The van der Waals surface area contributed by atoms with E-state index in [0.29, 0.717) is 32.0 Å². The van der Waals surface area contributed by atoms with Crippen LogP contribution in [-0.4, -0.2) is 49.1 Å². The summed E-state index contributed by atoms with van der Waals surface area (Å²) in [6.07, 6.45) is -0.733. The SMILES string of the molecule is CC(Oc1cc(N)ccc1C(N)=O)C(=O)N1CCOCC1. The fourth-order valence-electron chi connectivity index (χ4n) is 2.12. The number of anilines is 1. The topological polar surface area (TPSA) is 108 Å². The van der Waals surface area contributed by atoms with E-state index < -0.39 is 12.0 Å². The van der Waals surface area contributed by atoms with Gasteiger partial charge in [-0.05, 0) is 19.1 Å². The van der Waals surface area contributed by atoms with E-state index in [2.05, 4.69) is 0 Å². The molecule has 1 atom stereocenters. The van der Waals surface area contributed by atoms with Crippen molar-refractivity contribution in [3.8, 4) is 5.75 Å². The van der Waals surface area contributed by atoms with Crippen molar-refractivity contribution < 1.29 is 19.1 Å². The maximum Gasteiger partial charge on any atom is 0.263 e. The summed E-state index contributed by atoms with van der Waals surface area (Å²) in [5.41, 5.74) is 11.6. The molecule has 0 aliphatic carbocycles. The van der Waals surface area contributed by atoms with E-state index in [1.807, 2.05) is 0 Å². The fourth-order valence-corrected chi connectivity index (χ4v) is 2.12. The lowest BCUT2D eigenvalue weighted by Gasteiger charge is -2.29. The van der Waals surface area contributed by atoms with Gasteiger partial charge in [-0.2, -0.15) is 0 Å². The highest BCUT2D eigenvalue weighted by Crippen LogP contribution is 2.23. The molecule has 21 heavy (non-hydrogen) atoms. The Hall–Kier alpha value is -2.28. The third-order valence-corrected chi connectivity index (χ3v) is 3.25. The molecule has 0 bridgehead atoms. The van der Waals surface area contributed by atoms with Crippen LogP contribution < -0.4 is 16.2 Å². The van der Waals surface area contributed by atoms with Crippen molar-refractivity contribution in [3.05, 3.63) is 23.8 Å². The van der Waals surface area contributed by atoms with Gasteiger partial charge >= 0.3 is 0 Å². The molecule has 0 spiro atoms. The van der Waals surface area contributed by atoms with Crippen LogP contribution in [0.4, 0.5) is 5.69 Å². The van der Waals surface area contributed by atoms with Gasteiger partial charge in [0.15, 0.2) is 6.10 Å². The number of amides is 2. The van der Waals surface area contributed by atoms with Crippen LogP contribution >= 0.6 is 0 Å². The Morgan fingerprint density at radius 2 is 2.00 bits per heavy atom. The van der Waals surface area contributed by atoms with E-state index in [1.54, 1.807) is 17.9 Å². The van der Waals surface area contributed by atoms with Gasteiger partial charge in [0.1, 0.15) is 5.75 Å². The lowest BCUT2D eigenvalue weighted by atomic mass is 10.1. The molecule has 2 rings (SSSR count). The molecule has 7 heteroatoms. The van der Waals surface area contributed by atoms with E-state index in [4.69, 9.17) is 20.9 Å². The Morgan fingerprint density at radius 1 is 1.33 bits per heavy atom. The number of hydrogen-bond acceptors (Lipinski definition) is 5. The number of nitrogens with two attached hydrogens (primary N) is 2. The highest BCUT2D eigenvalue weighted by Gasteiger charge is 2.25. The quantitative estimate of drug-likeness (QED) is 0.759. The monoisotopic (exact) mass is 293 g/mol. The largest absolute Gasteiger partial charge is 0.480 e. The van der Waals surface area contributed by atoms with Crippen LogP contribution in [0.25, 0.3) is 0 Å². The molecule has 2 amide bonds. The maximum atomic E-state index is 12.3. The lowest BCUT2D eigenvalue weighted by molar-refractivity contribution is -0.142. The molecule has 1 aromatic rings. The summed E-state index contributed by atoms with van der Waals surface area (Å²) in [7, 11) is 0. The Bertz CT molecular complexity index is 541. The molecule has 1 fully saturated rings. The summed E-state index contributed by atoms with van der Waals surface area (Å²) in [5, 5.41) is 0. The number of morpholine rings is 1. The van der Waals surface area contributed by atoms with Crippen molar-refractivity contribution in [1.82, 2.24) is 4.90 Å². The summed E-state index contributed by atoms with van der Waals surface area (Å²) in [6, 6.07) is 4.53. The molecule has 1 heterocycles. The molecule has 1 saturated heterocycles. The number of nitrogens with zero attached hydrogens (tertiary/aromatic N) is 1. The number of carbonyl (C=O) groups is 2. The molecule has 4 N–H and O–H groups in total. The minimum absolute atomic E-state index is 0.156. The van der Waals surface area contributed by atoms with Crippen LogP contribution in [0.2, 0.25) is 0 Å². The zero-order valence-electron chi connectivity index (χ0n) is 11.9. The molecule has 7 nitrogen and oxygen atoms in total. The molecular formula is C14H19N3O4. The first-order valence-corrected chi connectivity index (χ1v) is 6.71. The van der Waals surface area contributed by atoms with Crippen molar-refractivity contribution >= 4 is 17.5 Å². The Labute approximate surface area is 122 Å². The van der Waals surface area contributed by atoms with Gasteiger partial charge in [0, 0.05) is 24.8 Å². The van der Waals surface area contributed by atoms with Crippen LogP contribution in [-0.2, 0) is 9.53 Å². The molecule has 0 aromatic heterocycles. The normalized spacial score (nSPS) is 16.3. The molecule has 1 unspecified atom stereocenters. The van der Waals surface area contributed by atoms with Crippen molar-refractivity contribution in [2.75, 3.05) is 32.0 Å². The van der Waals surface area contributed by atoms with E-state index in [-0.39, 0.29) is 17.2 Å². The first-order valence-electron chi connectivity index (χ1n) is 6.71. The van der Waals surface area contributed by atoms with Gasteiger partial charge in [0.05, 0.1) is 18.8 Å². The van der Waals surface area contributed by atoms with Crippen LogP contribution in [0.1, 0.15) is 17.3 Å². The van der Waals surface area contributed by atoms with Crippen molar-refractivity contribution in [1.29, 1.82) is 0 Å². The molecule has 1 aliphatic heterocycles. The number of benzene rings is 1. The third kappa shape index (κ3) is 3.63. The predicted octanol–water partition coefficient (Wildman–Crippen LogP) is -0.00620. The summed E-state index contributed by atoms with van der Waals surface area (Å²) in [5.74, 6) is -0.566. The zero-order valence-corrected chi connectivity index (χ0v) is 11.9. The Kier molecular flexibility index (Phi) is 4.64. The van der Waals surface area contributed by atoms with E-state index in [0.717, 1.165) is 0 Å². The van der Waals surface area contributed by atoms with Gasteiger partial charge in [-0.15, -0.1) is 0 Å². The summed E-state index contributed by atoms with van der Waals surface area (Å²) < 4.78 is 10.8. The van der Waals surface area contributed by atoms with E-state index in [1.165, 1.54) is 12.1 Å². The average molecular weight is 293 g/mol. The predicted molar refractivity (Wildman–Crippen MR) is 76.9 cm³/mol. The van der Waals surface area contributed by atoms with Crippen LogP contribution in [0, 0.1) is 0 Å². The van der Waals surface area contributed by atoms with E-state index >= 15 is 0 Å². The number of rotatable bonds is 4. The highest BCUT2D eigenvalue weighted by atomic mass is 16.5. The molecule has 1 aliphatic rings. The lowest BCUT2D eigenvalue weighted by Crippen LogP contribution is -2.46. The minimum atomic E-state index is -0.733. The van der Waals surface area contributed by atoms with Gasteiger partial charge in [0.25, 0.3) is 11.8 Å². The number of carbonyl (C=O) groups excluding carboxylic acids is 2. The number of hydrogen-bond donors (Lipinski definition) is 2. The second-order valence-electron chi connectivity index (χ2n) is 4.82. The Balaban J connectivity index is 2.11. The van der Waals surface area contributed by atoms with Crippen LogP contribution in [0.15, 0.2) is 18.2 Å². The second-order valence-corrected chi connectivity index (χ2v) is 4.82.